The van der Waals surface area contributed by atoms with E-state index < -0.39 is 0 Å². The van der Waals surface area contributed by atoms with Crippen LogP contribution in [0.5, 0.6) is 0 Å². The summed E-state index contributed by atoms with van der Waals surface area (Å²) in [5, 5.41) is 4.73. The monoisotopic (exact) mass is 719 g/mol. The van der Waals surface area contributed by atoms with Crippen molar-refractivity contribution in [3.63, 3.8) is 0 Å². The van der Waals surface area contributed by atoms with Gasteiger partial charge in [-0.3, -0.25) is 4.79 Å². The van der Waals surface area contributed by atoms with Gasteiger partial charge >= 0.3 is 0 Å². The summed E-state index contributed by atoms with van der Waals surface area (Å²) in [5.74, 6) is 0.0786. The van der Waals surface area contributed by atoms with Crippen LogP contribution >= 0.6 is 0 Å². The van der Waals surface area contributed by atoms with Gasteiger partial charge in [0.25, 0.3) is 0 Å². The van der Waals surface area contributed by atoms with Gasteiger partial charge in [0.15, 0.2) is 5.78 Å². The highest BCUT2D eigenvalue weighted by Crippen LogP contribution is 2.44. The molecule has 0 spiro atoms. The van der Waals surface area contributed by atoms with Gasteiger partial charge in [0.2, 0.25) is 0 Å². The van der Waals surface area contributed by atoms with Crippen molar-refractivity contribution in [1.29, 1.82) is 0 Å². The fourth-order valence-corrected chi connectivity index (χ4v) is 9.28. The van der Waals surface area contributed by atoms with E-state index >= 15 is 0 Å². The van der Waals surface area contributed by atoms with E-state index in [1.54, 1.807) is 0 Å². The molecule has 0 bridgehead atoms. The Morgan fingerprint density at radius 3 is 1.54 bits per heavy atom. The number of nitrogens with zero attached hydrogens (tertiary/aromatic N) is 3. The smallest absolute Gasteiger partial charge is 0.193 e. The predicted molar refractivity (Wildman–Crippen MR) is 232 cm³/mol. The van der Waals surface area contributed by atoms with Crippen LogP contribution in [0.3, 0.4) is 0 Å². The average Bonchev–Trinajstić information content (AvgIpc) is 3.76. The van der Waals surface area contributed by atoms with Crippen molar-refractivity contribution in [2.45, 2.75) is 19.3 Å². The molecule has 0 amide bonds. The van der Waals surface area contributed by atoms with Crippen molar-refractivity contribution in [2.24, 2.45) is 0 Å². The number of hydrogen-bond acceptors (Lipinski definition) is 2. The van der Waals surface area contributed by atoms with E-state index in [1.165, 1.54) is 21.8 Å². The Morgan fingerprint density at radius 2 is 0.875 bits per heavy atom. The highest BCUT2D eigenvalue weighted by molar-refractivity contribution is 6.15. The van der Waals surface area contributed by atoms with Crippen molar-refractivity contribution in [1.82, 2.24) is 9.13 Å². The summed E-state index contributed by atoms with van der Waals surface area (Å²) >= 11 is 0. The average molecular weight is 720 g/mol. The molecular weight excluding hydrogens is 683 g/mol. The van der Waals surface area contributed by atoms with E-state index in [-0.39, 0.29) is 11.2 Å². The summed E-state index contributed by atoms with van der Waals surface area (Å²) in [6.07, 6.45) is 0. The first-order valence-corrected chi connectivity index (χ1v) is 19.2. The topological polar surface area (TPSA) is 30.2 Å². The summed E-state index contributed by atoms with van der Waals surface area (Å²) in [6.45, 7) is 4.44. The number of para-hydroxylation sites is 4. The van der Waals surface area contributed by atoms with Gasteiger partial charge in [0.05, 0.1) is 22.1 Å². The Bertz CT molecular complexity index is 3090. The fourth-order valence-electron chi connectivity index (χ4n) is 9.28. The number of aromatic nitrogens is 2. The van der Waals surface area contributed by atoms with Gasteiger partial charge in [-0.05, 0) is 96.1 Å². The van der Waals surface area contributed by atoms with Crippen LogP contribution in [-0.2, 0) is 5.41 Å². The first-order chi connectivity index (χ1) is 27.5. The predicted octanol–water partition coefficient (Wildman–Crippen LogP) is 13.2. The molecule has 11 rings (SSSR count). The molecule has 10 aromatic rings. The van der Waals surface area contributed by atoms with Gasteiger partial charge in [-0.15, -0.1) is 0 Å². The van der Waals surface area contributed by atoms with Crippen molar-refractivity contribution in [3.05, 3.63) is 210 Å². The van der Waals surface area contributed by atoms with Gasteiger partial charge in [-0.1, -0.05) is 117 Å². The maximum atomic E-state index is 14.2. The van der Waals surface area contributed by atoms with E-state index in [0.29, 0.717) is 0 Å². The molecule has 8 aromatic carbocycles. The standard InChI is InChI=1S/C52H37N3O/c1-52(2)45-22-12-9-21-41(45)51(56)44-33-37(25-28-46(44)52)55-49-29-26-36(53(34-15-5-3-6-16-34)35-17-7-4-8-18-35)31-42(49)43-32-38(27-30-50(43)55)54-47-23-13-10-19-39(47)40-20-11-14-24-48(40)54/h3-33H,1-2H3. The molecule has 1 aliphatic carbocycles. The summed E-state index contributed by atoms with van der Waals surface area (Å²) < 4.78 is 4.72. The van der Waals surface area contributed by atoms with Crippen LogP contribution < -0.4 is 4.90 Å². The Labute approximate surface area is 325 Å². The largest absolute Gasteiger partial charge is 0.310 e. The molecule has 0 unspecified atom stereocenters. The molecule has 0 aliphatic heterocycles. The van der Waals surface area contributed by atoms with Gasteiger partial charge in [-0.2, -0.15) is 0 Å². The lowest BCUT2D eigenvalue weighted by molar-refractivity contribution is 0.103. The molecular formula is C52H37N3O. The molecule has 0 saturated heterocycles. The van der Waals surface area contributed by atoms with Crippen molar-refractivity contribution < 1.29 is 4.79 Å². The van der Waals surface area contributed by atoms with Crippen LogP contribution in [0, 0.1) is 0 Å². The lowest BCUT2D eigenvalue weighted by atomic mass is 9.68. The van der Waals surface area contributed by atoms with Crippen LogP contribution in [-0.4, -0.2) is 14.9 Å². The second-order valence-corrected chi connectivity index (χ2v) is 15.3. The maximum Gasteiger partial charge on any atom is 0.193 e. The Morgan fingerprint density at radius 1 is 0.393 bits per heavy atom. The first kappa shape index (κ1) is 32.3. The summed E-state index contributed by atoms with van der Waals surface area (Å²) in [6, 6.07) is 66.6. The van der Waals surface area contributed by atoms with Gasteiger partial charge in [0, 0.05) is 66.5 Å². The van der Waals surface area contributed by atoms with Crippen LogP contribution in [0.15, 0.2) is 188 Å². The number of anilines is 3. The molecule has 1 aliphatic rings. The third-order valence-electron chi connectivity index (χ3n) is 11.9. The minimum absolute atomic E-state index is 0.0786. The number of carbonyl (C=O) groups is 1. The zero-order valence-corrected chi connectivity index (χ0v) is 31.1. The lowest BCUT2D eigenvalue weighted by Gasteiger charge is -2.34. The molecule has 266 valence electrons. The number of carbonyl (C=O) groups excluding carboxylic acids is 1. The van der Waals surface area contributed by atoms with Crippen molar-refractivity contribution in [2.75, 3.05) is 4.90 Å². The number of benzene rings is 8. The van der Waals surface area contributed by atoms with Gasteiger partial charge < -0.3 is 14.0 Å². The Kier molecular flexibility index (Phi) is 7.02. The molecule has 2 heterocycles. The van der Waals surface area contributed by atoms with Gasteiger partial charge in [-0.25, -0.2) is 0 Å². The van der Waals surface area contributed by atoms with Crippen LogP contribution in [0.1, 0.15) is 40.9 Å². The minimum atomic E-state index is -0.302. The second-order valence-electron chi connectivity index (χ2n) is 15.3. The number of rotatable bonds is 5. The third kappa shape index (κ3) is 4.69. The molecule has 0 radical (unpaired) electrons. The van der Waals surface area contributed by atoms with E-state index in [4.69, 9.17) is 0 Å². The van der Waals surface area contributed by atoms with E-state index in [9.17, 15) is 4.79 Å². The molecule has 4 heteroatoms. The summed E-state index contributed by atoms with van der Waals surface area (Å²) in [4.78, 5) is 16.5. The first-order valence-electron chi connectivity index (χ1n) is 19.2. The normalized spacial score (nSPS) is 13.4. The number of ketones is 1. The van der Waals surface area contributed by atoms with Crippen molar-refractivity contribution in [3.8, 4) is 11.4 Å². The lowest BCUT2D eigenvalue weighted by Crippen LogP contribution is -2.30. The Hall–Kier alpha value is -7.17. The van der Waals surface area contributed by atoms with E-state index in [0.717, 1.165) is 72.5 Å². The van der Waals surface area contributed by atoms with Gasteiger partial charge in [0.1, 0.15) is 0 Å². The highest BCUT2D eigenvalue weighted by atomic mass is 16.1. The maximum absolute atomic E-state index is 14.2. The van der Waals surface area contributed by atoms with Crippen LogP contribution in [0.4, 0.5) is 17.1 Å². The van der Waals surface area contributed by atoms with E-state index in [1.807, 2.05) is 18.2 Å². The third-order valence-corrected chi connectivity index (χ3v) is 11.9. The summed E-state index contributed by atoms with van der Waals surface area (Å²) in [5.41, 5.74) is 13.2. The molecule has 0 N–H and O–H groups in total. The number of fused-ring (bicyclic) bond motifs is 8. The molecule has 0 atom stereocenters. The molecule has 0 saturated carbocycles. The molecule has 4 nitrogen and oxygen atoms in total. The van der Waals surface area contributed by atoms with Crippen LogP contribution in [0.25, 0.3) is 55.0 Å². The SMILES string of the molecule is CC1(C)c2ccccc2C(=O)c2cc(-n3c4ccc(N(c5ccccc5)c5ccccc5)cc4c4cc(-n5c6ccccc6c6ccccc65)ccc43)ccc21. The van der Waals surface area contributed by atoms with Crippen LogP contribution in [0.2, 0.25) is 0 Å². The molecule has 0 fully saturated rings. The fraction of sp³-hybridized carbons (Fsp3) is 0.0577. The zero-order chi connectivity index (χ0) is 37.5. The molecule has 2 aromatic heterocycles. The Balaban J connectivity index is 1.18. The van der Waals surface area contributed by atoms with Crippen molar-refractivity contribution >= 4 is 66.5 Å². The second kappa shape index (κ2) is 12.2. The highest BCUT2D eigenvalue weighted by Gasteiger charge is 2.36. The quantitative estimate of drug-likeness (QED) is 0.177. The molecule has 56 heavy (non-hydrogen) atoms. The number of hydrogen-bond donors (Lipinski definition) is 0. The zero-order valence-electron chi connectivity index (χ0n) is 31.1. The van der Waals surface area contributed by atoms with E-state index in [2.05, 4.69) is 198 Å². The minimum Gasteiger partial charge on any atom is -0.310 e. The summed E-state index contributed by atoms with van der Waals surface area (Å²) in [7, 11) is 0.